The molecule has 2 fully saturated rings. The molecule has 1 amide bonds. The zero-order chi connectivity index (χ0) is 19.7. The monoisotopic (exact) mass is 380 g/mol. The molecule has 5 heteroatoms. The Morgan fingerprint density at radius 3 is 2.82 bits per heavy atom. The molecule has 2 aromatic rings. The van der Waals surface area contributed by atoms with E-state index in [1.165, 1.54) is 24.0 Å². The molecule has 0 bridgehead atoms. The molecule has 1 unspecified atom stereocenters. The summed E-state index contributed by atoms with van der Waals surface area (Å²) in [6.45, 7) is 11.3. The van der Waals surface area contributed by atoms with Crippen molar-refractivity contribution in [2.24, 2.45) is 5.41 Å². The lowest BCUT2D eigenvalue weighted by atomic mass is 9.79. The number of carbonyl (C=O) groups excluding carboxylic acids is 1. The maximum Gasteiger partial charge on any atom is 0.257 e. The number of rotatable bonds is 4. The van der Waals surface area contributed by atoms with Crippen molar-refractivity contribution in [1.29, 1.82) is 0 Å². The summed E-state index contributed by atoms with van der Waals surface area (Å²) in [5, 5.41) is 4.34. The fraction of sp³-hybridized carbons (Fsp3) is 0.565. The summed E-state index contributed by atoms with van der Waals surface area (Å²) in [6.07, 6.45) is 7.17. The van der Waals surface area contributed by atoms with Crippen LogP contribution >= 0.6 is 0 Å². The number of aryl methyl sites for hydroxylation is 1. The first-order valence-electron chi connectivity index (χ1n) is 10.6. The Kier molecular flexibility index (Phi) is 5.28. The number of aromatic nitrogens is 2. The Balaban J connectivity index is 1.40. The second-order valence-electron chi connectivity index (χ2n) is 9.08. The van der Waals surface area contributed by atoms with Crippen molar-refractivity contribution in [2.45, 2.75) is 52.6 Å². The zero-order valence-corrected chi connectivity index (χ0v) is 17.4. The summed E-state index contributed by atoms with van der Waals surface area (Å²) in [4.78, 5) is 17.6. The van der Waals surface area contributed by atoms with Crippen LogP contribution in [0, 0.1) is 12.3 Å². The fourth-order valence-electron chi connectivity index (χ4n) is 4.87. The molecule has 2 aliphatic rings. The van der Waals surface area contributed by atoms with E-state index < -0.39 is 0 Å². The quantitative estimate of drug-likeness (QED) is 0.808. The SMILES string of the molecule is Cc1cccc(CN2CCCC3(CCN(C(=O)c4cnn(C(C)C)c4)C3)C2)c1. The summed E-state index contributed by atoms with van der Waals surface area (Å²) < 4.78 is 1.86. The van der Waals surface area contributed by atoms with E-state index in [1.54, 1.807) is 6.20 Å². The first-order chi connectivity index (χ1) is 13.4. The number of likely N-dealkylation sites (tertiary alicyclic amines) is 2. The molecule has 2 saturated heterocycles. The third-order valence-electron chi connectivity index (χ3n) is 6.33. The molecule has 28 heavy (non-hydrogen) atoms. The third-order valence-corrected chi connectivity index (χ3v) is 6.33. The standard InChI is InChI=1S/C23H32N4O/c1-18(2)27-15-21(13-24-27)22(28)26-11-9-23(17-26)8-5-10-25(16-23)14-20-7-4-6-19(3)12-20/h4,6-7,12-13,15,18H,5,8-11,14,16-17H2,1-3H3. The van der Waals surface area contributed by atoms with Crippen molar-refractivity contribution >= 4 is 5.91 Å². The summed E-state index contributed by atoms with van der Waals surface area (Å²) in [7, 11) is 0. The van der Waals surface area contributed by atoms with Crippen molar-refractivity contribution in [1.82, 2.24) is 19.6 Å². The van der Waals surface area contributed by atoms with Gasteiger partial charge in [-0.3, -0.25) is 14.4 Å². The number of hydrogen-bond acceptors (Lipinski definition) is 3. The van der Waals surface area contributed by atoms with Crippen LogP contribution in [0.1, 0.15) is 60.6 Å². The highest BCUT2D eigenvalue weighted by molar-refractivity contribution is 5.94. The summed E-state index contributed by atoms with van der Waals surface area (Å²) in [5.74, 6) is 0.139. The van der Waals surface area contributed by atoms with Gasteiger partial charge in [0, 0.05) is 43.8 Å². The van der Waals surface area contributed by atoms with Gasteiger partial charge in [0.25, 0.3) is 5.91 Å². The second kappa shape index (κ2) is 7.70. The van der Waals surface area contributed by atoms with Crippen LogP contribution in [0.2, 0.25) is 0 Å². The Bertz CT molecular complexity index is 843. The van der Waals surface area contributed by atoms with Crippen LogP contribution in [0.4, 0.5) is 0 Å². The minimum Gasteiger partial charge on any atom is -0.338 e. The highest BCUT2D eigenvalue weighted by atomic mass is 16.2. The van der Waals surface area contributed by atoms with Crippen LogP contribution in [0.15, 0.2) is 36.7 Å². The number of hydrogen-bond donors (Lipinski definition) is 0. The van der Waals surface area contributed by atoms with Crippen molar-refractivity contribution in [3.05, 3.63) is 53.3 Å². The van der Waals surface area contributed by atoms with Gasteiger partial charge in [0.05, 0.1) is 11.8 Å². The molecule has 0 aliphatic carbocycles. The Morgan fingerprint density at radius 2 is 2.07 bits per heavy atom. The van der Waals surface area contributed by atoms with Gasteiger partial charge in [0.1, 0.15) is 0 Å². The van der Waals surface area contributed by atoms with Gasteiger partial charge in [-0.1, -0.05) is 29.8 Å². The van der Waals surface area contributed by atoms with Gasteiger partial charge in [-0.05, 0) is 52.1 Å². The summed E-state index contributed by atoms with van der Waals surface area (Å²) >= 11 is 0. The largest absolute Gasteiger partial charge is 0.338 e. The lowest BCUT2D eigenvalue weighted by Gasteiger charge is -2.40. The van der Waals surface area contributed by atoms with Crippen LogP contribution in [-0.2, 0) is 6.54 Å². The van der Waals surface area contributed by atoms with Gasteiger partial charge in [0.15, 0.2) is 0 Å². The number of benzene rings is 1. The third kappa shape index (κ3) is 4.00. The molecule has 1 atom stereocenters. The van der Waals surface area contributed by atoms with Crippen molar-refractivity contribution in [2.75, 3.05) is 26.2 Å². The predicted molar refractivity (Wildman–Crippen MR) is 111 cm³/mol. The van der Waals surface area contributed by atoms with E-state index in [4.69, 9.17) is 0 Å². The van der Waals surface area contributed by atoms with Crippen LogP contribution in [-0.4, -0.2) is 51.7 Å². The van der Waals surface area contributed by atoms with Gasteiger partial charge in [-0.25, -0.2) is 0 Å². The summed E-state index contributed by atoms with van der Waals surface area (Å²) in [6, 6.07) is 9.10. The van der Waals surface area contributed by atoms with Crippen LogP contribution in [0.5, 0.6) is 0 Å². The topological polar surface area (TPSA) is 41.4 Å². The molecule has 1 aromatic heterocycles. The molecule has 1 spiro atoms. The maximum atomic E-state index is 13.0. The molecule has 3 heterocycles. The van der Waals surface area contributed by atoms with Gasteiger partial charge < -0.3 is 4.90 Å². The molecule has 150 valence electrons. The van der Waals surface area contributed by atoms with Gasteiger partial charge in [-0.15, -0.1) is 0 Å². The molecular weight excluding hydrogens is 348 g/mol. The molecule has 0 saturated carbocycles. The van der Waals surface area contributed by atoms with Gasteiger partial charge in [-0.2, -0.15) is 5.10 Å². The van der Waals surface area contributed by atoms with Crippen LogP contribution < -0.4 is 0 Å². The van der Waals surface area contributed by atoms with E-state index in [1.807, 2.05) is 10.9 Å². The van der Waals surface area contributed by atoms with E-state index in [0.717, 1.165) is 44.7 Å². The van der Waals surface area contributed by atoms with E-state index in [9.17, 15) is 4.79 Å². The van der Waals surface area contributed by atoms with E-state index in [0.29, 0.717) is 0 Å². The molecule has 0 N–H and O–H groups in total. The lowest BCUT2D eigenvalue weighted by molar-refractivity contribution is 0.0675. The van der Waals surface area contributed by atoms with Crippen LogP contribution in [0.25, 0.3) is 0 Å². The average molecular weight is 381 g/mol. The minimum atomic E-state index is 0.139. The predicted octanol–water partition coefficient (Wildman–Crippen LogP) is 3.90. The Morgan fingerprint density at radius 1 is 1.21 bits per heavy atom. The molecule has 1 aromatic carbocycles. The normalized spacial score (nSPS) is 23.1. The number of piperidine rings is 1. The molecular formula is C23H32N4O. The van der Waals surface area contributed by atoms with Crippen LogP contribution in [0.3, 0.4) is 0 Å². The van der Waals surface area contributed by atoms with Crippen molar-refractivity contribution in [3.8, 4) is 0 Å². The molecule has 4 rings (SSSR count). The average Bonchev–Trinajstić information content (AvgIpc) is 3.29. The van der Waals surface area contributed by atoms with E-state index >= 15 is 0 Å². The van der Waals surface area contributed by atoms with Gasteiger partial charge in [0.2, 0.25) is 0 Å². The number of carbonyl (C=O) groups is 1. The highest BCUT2D eigenvalue weighted by Crippen LogP contribution is 2.39. The lowest BCUT2D eigenvalue weighted by Crippen LogP contribution is -2.45. The maximum absolute atomic E-state index is 13.0. The summed E-state index contributed by atoms with van der Waals surface area (Å²) in [5.41, 5.74) is 3.69. The first kappa shape index (κ1) is 19.2. The van der Waals surface area contributed by atoms with Gasteiger partial charge >= 0.3 is 0 Å². The van der Waals surface area contributed by atoms with E-state index in [2.05, 4.69) is 59.9 Å². The molecule has 0 radical (unpaired) electrons. The minimum absolute atomic E-state index is 0.139. The number of amides is 1. The smallest absolute Gasteiger partial charge is 0.257 e. The second-order valence-corrected chi connectivity index (χ2v) is 9.08. The van der Waals surface area contributed by atoms with E-state index in [-0.39, 0.29) is 17.4 Å². The Hall–Kier alpha value is -2.14. The Labute approximate surface area is 168 Å². The highest BCUT2D eigenvalue weighted by Gasteiger charge is 2.43. The molecule has 5 nitrogen and oxygen atoms in total. The first-order valence-corrected chi connectivity index (χ1v) is 10.6. The molecule has 2 aliphatic heterocycles. The van der Waals surface area contributed by atoms with Crippen molar-refractivity contribution < 1.29 is 4.79 Å². The van der Waals surface area contributed by atoms with Crippen molar-refractivity contribution in [3.63, 3.8) is 0 Å². The fourth-order valence-corrected chi connectivity index (χ4v) is 4.87. The zero-order valence-electron chi connectivity index (χ0n) is 17.4. The number of nitrogens with zero attached hydrogens (tertiary/aromatic N) is 4.